The van der Waals surface area contributed by atoms with Crippen molar-refractivity contribution in [2.24, 2.45) is 0 Å². The van der Waals surface area contributed by atoms with Gasteiger partial charge in [0.15, 0.2) is 5.60 Å². The van der Waals surface area contributed by atoms with E-state index in [1.165, 1.54) is 13.8 Å². The van der Waals surface area contributed by atoms with Gasteiger partial charge in [-0.1, -0.05) is 17.7 Å². The summed E-state index contributed by atoms with van der Waals surface area (Å²) in [5.74, 6) is 0.272. The summed E-state index contributed by atoms with van der Waals surface area (Å²) >= 11 is 0. The maximum atomic E-state index is 13.3. The SMILES string of the molecule is CC(=O)Oc1c(C)cc2c(c1C)Oc1c(cc(C)c(OC(C)=O)c1C)C21OC(=O)c2cc(C)ccc21. The fraction of sp³-hybridized carbons (Fsp3) is 0.276. The minimum Gasteiger partial charge on any atom is -0.456 e. The van der Waals surface area contributed by atoms with Gasteiger partial charge >= 0.3 is 17.9 Å². The molecule has 5 rings (SSSR count). The van der Waals surface area contributed by atoms with Gasteiger partial charge in [-0.25, -0.2) is 4.79 Å². The van der Waals surface area contributed by atoms with E-state index in [2.05, 4.69) is 0 Å². The monoisotopic (exact) mass is 486 g/mol. The zero-order valence-electron chi connectivity index (χ0n) is 21.2. The van der Waals surface area contributed by atoms with Crippen LogP contribution in [0, 0.1) is 34.6 Å². The van der Waals surface area contributed by atoms with Gasteiger partial charge in [0.25, 0.3) is 0 Å². The third-order valence-electron chi connectivity index (χ3n) is 6.76. The molecule has 0 aliphatic carbocycles. The minimum atomic E-state index is -1.29. The van der Waals surface area contributed by atoms with Crippen LogP contribution in [0.3, 0.4) is 0 Å². The van der Waals surface area contributed by atoms with E-state index in [0.29, 0.717) is 67.5 Å². The first-order valence-corrected chi connectivity index (χ1v) is 11.6. The quantitative estimate of drug-likeness (QED) is 0.342. The number of fused-ring (bicyclic) bond motifs is 6. The molecule has 2 heterocycles. The van der Waals surface area contributed by atoms with Crippen LogP contribution >= 0.6 is 0 Å². The molecular formula is C29H26O7. The lowest BCUT2D eigenvalue weighted by Gasteiger charge is -2.39. The average Bonchev–Trinajstić information content (AvgIpc) is 3.08. The molecule has 3 aromatic carbocycles. The Hall–Kier alpha value is -4.13. The highest BCUT2D eigenvalue weighted by atomic mass is 16.6. The summed E-state index contributed by atoms with van der Waals surface area (Å²) in [5.41, 5.74) is 4.68. The van der Waals surface area contributed by atoms with Crippen molar-refractivity contribution in [2.75, 3.05) is 0 Å². The first kappa shape index (κ1) is 23.6. The summed E-state index contributed by atoms with van der Waals surface area (Å²) in [5, 5.41) is 0. The summed E-state index contributed by atoms with van der Waals surface area (Å²) in [7, 11) is 0. The zero-order valence-corrected chi connectivity index (χ0v) is 21.2. The molecule has 0 fully saturated rings. The fourth-order valence-electron chi connectivity index (χ4n) is 5.31. The Morgan fingerprint density at radius 2 is 1.25 bits per heavy atom. The molecule has 184 valence electrons. The third-order valence-corrected chi connectivity index (χ3v) is 6.76. The zero-order chi connectivity index (χ0) is 26.1. The van der Waals surface area contributed by atoms with E-state index in [1.54, 1.807) is 13.8 Å². The number of hydrogen-bond acceptors (Lipinski definition) is 7. The minimum absolute atomic E-state index is 0.387. The molecule has 0 unspecified atom stereocenters. The van der Waals surface area contributed by atoms with Gasteiger partial charge < -0.3 is 18.9 Å². The highest BCUT2D eigenvalue weighted by Gasteiger charge is 2.55. The Balaban J connectivity index is 1.91. The molecule has 0 N–H and O–H groups in total. The standard InChI is InChI=1S/C29H26O7/c1-13-8-9-21-20(10-13)28(32)36-29(21)22-11-14(2)24(33-18(6)30)16(4)26(22)35-27-17(5)25(34-19(7)31)15(3)12-23(27)29/h8-12H,1-7H3. The second-order valence-electron chi connectivity index (χ2n) is 9.46. The molecule has 0 saturated carbocycles. The molecule has 2 aliphatic rings. The molecule has 36 heavy (non-hydrogen) atoms. The lowest BCUT2D eigenvalue weighted by Crippen LogP contribution is -2.34. The fourth-order valence-corrected chi connectivity index (χ4v) is 5.31. The highest BCUT2D eigenvalue weighted by molar-refractivity contribution is 5.97. The number of rotatable bonds is 2. The van der Waals surface area contributed by atoms with Crippen molar-refractivity contribution < 1.29 is 33.3 Å². The van der Waals surface area contributed by atoms with E-state index in [4.69, 9.17) is 18.9 Å². The summed E-state index contributed by atoms with van der Waals surface area (Å²) in [4.78, 5) is 36.9. The van der Waals surface area contributed by atoms with Gasteiger partial charge in [0, 0.05) is 41.7 Å². The number of aryl methyl sites for hydroxylation is 3. The molecule has 0 radical (unpaired) electrons. The predicted molar refractivity (Wildman–Crippen MR) is 131 cm³/mol. The smallest absolute Gasteiger partial charge is 0.340 e. The lowest BCUT2D eigenvalue weighted by molar-refractivity contribution is -0.132. The van der Waals surface area contributed by atoms with Crippen molar-refractivity contribution in [1.29, 1.82) is 0 Å². The molecule has 1 spiro atoms. The van der Waals surface area contributed by atoms with Gasteiger partial charge in [0.2, 0.25) is 0 Å². The van der Waals surface area contributed by atoms with E-state index in [-0.39, 0.29) is 0 Å². The molecule has 0 bridgehead atoms. The largest absolute Gasteiger partial charge is 0.456 e. The van der Waals surface area contributed by atoms with E-state index >= 15 is 0 Å². The van der Waals surface area contributed by atoms with E-state index < -0.39 is 23.5 Å². The van der Waals surface area contributed by atoms with Crippen LogP contribution < -0.4 is 14.2 Å². The van der Waals surface area contributed by atoms with Gasteiger partial charge in [-0.2, -0.15) is 0 Å². The molecule has 0 saturated heterocycles. The van der Waals surface area contributed by atoms with E-state index in [9.17, 15) is 14.4 Å². The number of benzene rings is 3. The Kier molecular flexibility index (Phi) is 5.21. The van der Waals surface area contributed by atoms with Gasteiger partial charge in [-0.3, -0.25) is 9.59 Å². The van der Waals surface area contributed by atoms with Crippen molar-refractivity contribution in [1.82, 2.24) is 0 Å². The van der Waals surface area contributed by atoms with Crippen LogP contribution in [0.2, 0.25) is 0 Å². The van der Waals surface area contributed by atoms with Gasteiger partial charge in [-0.05, 0) is 63.9 Å². The van der Waals surface area contributed by atoms with Gasteiger partial charge in [0.1, 0.15) is 23.0 Å². The molecular weight excluding hydrogens is 460 g/mol. The summed E-state index contributed by atoms with van der Waals surface area (Å²) < 4.78 is 23.8. The first-order valence-electron chi connectivity index (χ1n) is 11.6. The average molecular weight is 487 g/mol. The van der Waals surface area contributed by atoms with Crippen LogP contribution in [-0.2, 0) is 19.9 Å². The third kappa shape index (κ3) is 3.22. The molecule has 3 aromatic rings. The first-order chi connectivity index (χ1) is 17.0. The van der Waals surface area contributed by atoms with Crippen LogP contribution in [0.15, 0.2) is 30.3 Å². The van der Waals surface area contributed by atoms with Crippen molar-refractivity contribution in [2.45, 2.75) is 54.1 Å². The second-order valence-corrected chi connectivity index (χ2v) is 9.46. The Morgan fingerprint density at radius 3 is 1.72 bits per heavy atom. The van der Waals surface area contributed by atoms with Crippen molar-refractivity contribution in [3.63, 3.8) is 0 Å². The summed E-state index contributed by atoms with van der Waals surface area (Å²) in [6, 6.07) is 9.36. The number of hydrogen-bond donors (Lipinski definition) is 0. The van der Waals surface area contributed by atoms with Gasteiger partial charge in [-0.15, -0.1) is 0 Å². The molecule has 7 nitrogen and oxygen atoms in total. The maximum Gasteiger partial charge on any atom is 0.340 e. The number of esters is 3. The van der Waals surface area contributed by atoms with E-state index in [0.717, 1.165) is 5.56 Å². The van der Waals surface area contributed by atoms with Crippen LogP contribution in [0.25, 0.3) is 0 Å². The lowest BCUT2D eigenvalue weighted by atomic mass is 9.75. The predicted octanol–water partition coefficient (Wildman–Crippen LogP) is 5.65. The number of ether oxygens (including phenoxy) is 4. The molecule has 0 atom stereocenters. The second kappa shape index (κ2) is 7.95. The maximum absolute atomic E-state index is 13.3. The molecule has 2 aliphatic heterocycles. The number of carbonyl (C=O) groups excluding carboxylic acids is 3. The highest BCUT2D eigenvalue weighted by Crippen LogP contribution is 2.60. The summed E-state index contributed by atoms with van der Waals surface area (Å²) in [6.07, 6.45) is 0. The Bertz CT molecular complexity index is 1440. The normalized spacial score (nSPS) is 14.4. The Morgan fingerprint density at radius 1 is 0.750 bits per heavy atom. The van der Waals surface area contributed by atoms with Crippen LogP contribution in [0.4, 0.5) is 0 Å². The van der Waals surface area contributed by atoms with Crippen molar-refractivity contribution >= 4 is 17.9 Å². The number of carbonyl (C=O) groups is 3. The molecule has 0 aromatic heterocycles. The molecule has 0 amide bonds. The topological polar surface area (TPSA) is 88.1 Å². The van der Waals surface area contributed by atoms with Crippen LogP contribution in [0.5, 0.6) is 23.0 Å². The summed E-state index contributed by atoms with van der Waals surface area (Å²) in [6.45, 7) is 11.9. The van der Waals surface area contributed by atoms with Crippen LogP contribution in [-0.4, -0.2) is 17.9 Å². The van der Waals surface area contributed by atoms with Crippen molar-refractivity contribution in [3.05, 3.63) is 80.4 Å². The molecule has 7 heteroatoms. The van der Waals surface area contributed by atoms with Gasteiger partial charge in [0.05, 0.1) is 5.56 Å². The van der Waals surface area contributed by atoms with Crippen molar-refractivity contribution in [3.8, 4) is 23.0 Å². The van der Waals surface area contributed by atoms with Crippen LogP contribution in [0.1, 0.15) is 68.7 Å². The Labute approximate surface area is 208 Å². The van der Waals surface area contributed by atoms with E-state index in [1.807, 2.05) is 51.1 Å².